The van der Waals surface area contributed by atoms with Gasteiger partial charge in [-0.2, -0.15) is 0 Å². The number of amidine groups is 1. The summed E-state index contributed by atoms with van der Waals surface area (Å²) < 4.78 is 10.8. The first-order valence-corrected chi connectivity index (χ1v) is 9.19. The summed E-state index contributed by atoms with van der Waals surface area (Å²) >= 11 is 0. The standard InChI is InChI=1S/C21H32N2O3/c1-6-25-20(24)19(22)23-15-18(26-13-12-21(3,4)5)14-16(2)17-10-8-7-9-11-17/h7-11,15-16,18,22H,6,12-14H2,1-5H3/t16-,18-/m0/s1. The molecule has 0 amide bonds. The largest absolute Gasteiger partial charge is 0.460 e. The van der Waals surface area contributed by atoms with Crippen LogP contribution in [-0.4, -0.2) is 37.3 Å². The number of ether oxygens (including phenoxy) is 2. The Morgan fingerprint density at radius 1 is 1.27 bits per heavy atom. The van der Waals surface area contributed by atoms with Gasteiger partial charge < -0.3 is 9.47 Å². The fraction of sp³-hybridized carbons (Fsp3) is 0.571. The average Bonchev–Trinajstić information content (AvgIpc) is 2.59. The molecule has 0 spiro atoms. The van der Waals surface area contributed by atoms with Crippen molar-refractivity contribution in [3.05, 3.63) is 35.9 Å². The average molecular weight is 360 g/mol. The molecule has 0 saturated carbocycles. The molecule has 1 aromatic carbocycles. The number of carbonyl (C=O) groups is 1. The molecule has 1 aromatic rings. The van der Waals surface area contributed by atoms with E-state index < -0.39 is 11.8 Å². The number of hydrogen-bond donors (Lipinski definition) is 1. The molecule has 1 N–H and O–H groups in total. The quantitative estimate of drug-likeness (QED) is 0.418. The van der Waals surface area contributed by atoms with Gasteiger partial charge in [-0.3, -0.25) is 5.41 Å². The third-order valence-corrected chi connectivity index (χ3v) is 3.98. The molecule has 0 aliphatic carbocycles. The maximum Gasteiger partial charge on any atom is 0.375 e. The predicted octanol–water partition coefficient (Wildman–Crippen LogP) is 4.61. The first-order chi connectivity index (χ1) is 12.2. The van der Waals surface area contributed by atoms with Crippen molar-refractivity contribution in [3.63, 3.8) is 0 Å². The second kappa shape index (κ2) is 10.9. The second-order valence-corrected chi connectivity index (χ2v) is 7.61. The molecule has 0 aliphatic rings. The maximum atomic E-state index is 11.5. The molecule has 5 heteroatoms. The van der Waals surface area contributed by atoms with Crippen LogP contribution in [0.4, 0.5) is 0 Å². The molecule has 0 fully saturated rings. The summed E-state index contributed by atoms with van der Waals surface area (Å²) in [6, 6.07) is 10.2. The van der Waals surface area contributed by atoms with Gasteiger partial charge in [-0.05, 0) is 36.7 Å². The topological polar surface area (TPSA) is 71.7 Å². The Hall–Kier alpha value is -2.01. The fourth-order valence-corrected chi connectivity index (χ4v) is 2.36. The fourth-order valence-electron chi connectivity index (χ4n) is 2.36. The van der Waals surface area contributed by atoms with Gasteiger partial charge in [-0.25, -0.2) is 9.79 Å². The Labute approximate surface area is 157 Å². The summed E-state index contributed by atoms with van der Waals surface area (Å²) in [6.07, 6.45) is 2.95. The number of hydrogen-bond acceptors (Lipinski definition) is 4. The lowest BCUT2D eigenvalue weighted by Crippen LogP contribution is -2.22. The third kappa shape index (κ3) is 8.90. The van der Waals surface area contributed by atoms with Gasteiger partial charge in [0.05, 0.1) is 12.7 Å². The Morgan fingerprint density at radius 2 is 1.92 bits per heavy atom. The number of aliphatic imine (C=N–C) groups is 1. The van der Waals surface area contributed by atoms with Crippen molar-refractivity contribution in [3.8, 4) is 0 Å². The highest BCUT2D eigenvalue weighted by Crippen LogP contribution is 2.23. The van der Waals surface area contributed by atoms with E-state index in [0.29, 0.717) is 6.61 Å². The minimum Gasteiger partial charge on any atom is -0.460 e. The SMILES string of the molecule is CCOC(=O)C(=N)N=C[C@H](C[C@H](C)c1ccccc1)OCCC(C)(C)C. The van der Waals surface area contributed by atoms with E-state index in [9.17, 15) is 4.79 Å². The number of carbonyl (C=O) groups excluding carboxylic acids is 1. The van der Waals surface area contributed by atoms with E-state index in [2.05, 4.69) is 44.8 Å². The zero-order chi connectivity index (χ0) is 19.6. The van der Waals surface area contributed by atoms with Crippen molar-refractivity contribution < 1.29 is 14.3 Å². The highest BCUT2D eigenvalue weighted by Gasteiger charge is 2.17. The van der Waals surface area contributed by atoms with E-state index in [1.807, 2.05) is 18.2 Å². The summed E-state index contributed by atoms with van der Waals surface area (Å²) in [7, 11) is 0. The van der Waals surface area contributed by atoms with E-state index in [0.717, 1.165) is 12.8 Å². The monoisotopic (exact) mass is 360 g/mol. The molecular weight excluding hydrogens is 328 g/mol. The minimum absolute atomic E-state index is 0.185. The molecule has 0 saturated heterocycles. The van der Waals surface area contributed by atoms with Gasteiger partial charge in [-0.15, -0.1) is 0 Å². The lowest BCUT2D eigenvalue weighted by Gasteiger charge is -2.22. The van der Waals surface area contributed by atoms with Gasteiger partial charge in [0.2, 0.25) is 5.84 Å². The number of nitrogens with one attached hydrogen (secondary N) is 1. The molecule has 1 rings (SSSR count). The number of benzene rings is 1. The molecule has 144 valence electrons. The van der Waals surface area contributed by atoms with Crippen molar-refractivity contribution in [2.45, 2.75) is 59.5 Å². The van der Waals surface area contributed by atoms with Crippen LogP contribution in [-0.2, 0) is 14.3 Å². The highest BCUT2D eigenvalue weighted by atomic mass is 16.5. The van der Waals surface area contributed by atoms with Crippen LogP contribution in [0.15, 0.2) is 35.3 Å². The molecule has 2 atom stereocenters. The minimum atomic E-state index is -0.715. The van der Waals surface area contributed by atoms with Crippen LogP contribution in [0.3, 0.4) is 0 Å². The summed E-state index contributed by atoms with van der Waals surface area (Å²) in [5, 5.41) is 7.69. The van der Waals surface area contributed by atoms with Crippen LogP contribution >= 0.6 is 0 Å². The normalized spacial score (nSPS) is 14.2. The van der Waals surface area contributed by atoms with Crippen LogP contribution in [0.5, 0.6) is 0 Å². The van der Waals surface area contributed by atoms with E-state index in [4.69, 9.17) is 14.9 Å². The van der Waals surface area contributed by atoms with E-state index in [1.165, 1.54) is 5.56 Å². The van der Waals surface area contributed by atoms with Gasteiger partial charge in [0.25, 0.3) is 0 Å². The highest BCUT2D eigenvalue weighted by molar-refractivity contribution is 6.35. The van der Waals surface area contributed by atoms with Crippen LogP contribution in [0.2, 0.25) is 0 Å². The van der Waals surface area contributed by atoms with Crippen LogP contribution in [0, 0.1) is 10.8 Å². The molecule has 0 bridgehead atoms. The maximum absolute atomic E-state index is 11.5. The van der Waals surface area contributed by atoms with Crippen LogP contribution in [0.25, 0.3) is 0 Å². The van der Waals surface area contributed by atoms with E-state index >= 15 is 0 Å². The lowest BCUT2D eigenvalue weighted by atomic mass is 9.92. The zero-order valence-electron chi connectivity index (χ0n) is 16.6. The van der Waals surface area contributed by atoms with Gasteiger partial charge >= 0.3 is 5.97 Å². The van der Waals surface area contributed by atoms with Gasteiger partial charge in [0, 0.05) is 12.8 Å². The predicted molar refractivity (Wildman–Crippen MR) is 106 cm³/mol. The third-order valence-electron chi connectivity index (χ3n) is 3.98. The number of esters is 1. The first kappa shape index (κ1) is 22.0. The zero-order valence-corrected chi connectivity index (χ0v) is 16.6. The summed E-state index contributed by atoms with van der Waals surface area (Å²) in [6.45, 7) is 11.2. The van der Waals surface area contributed by atoms with Crippen molar-refractivity contribution in [1.82, 2.24) is 0 Å². The van der Waals surface area contributed by atoms with Crippen LogP contribution < -0.4 is 0 Å². The molecule has 0 aliphatic heterocycles. The molecule has 0 radical (unpaired) electrons. The molecule has 5 nitrogen and oxygen atoms in total. The molecular formula is C21H32N2O3. The summed E-state index contributed by atoms with van der Waals surface area (Å²) in [4.78, 5) is 15.5. The smallest absolute Gasteiger partial charge is 0.375 e. The molecule has 0 heterocycles. The second-order valence-electron chi connectivity index (χ2n) is 7.61. The molecule has 26 heavy (non-hydrogen) atoms. The van der Waals surface area contributed by atoms with Gasteiger partial charge in [-0.1, -0.05) is 58.0 Å². The Morgan fingerprint density at radius 3 is 2.50 bits per heavy atom. The van der Waals surface area contributed by atoms with Crippen LogP contribution in [0.1, 0.15) is 58.9 Å². The lowest BCUT2D eigenvalue weighted by molar-refractivity contribution is -0.135. The Bertz CT molecular complexity index is 591. The summed E-state index contributed by atoms with van der Waals surface area (Å²) in [5.74, 6) is -0.837. The Balaban J connectivity index is 2.74. The van der Waals surface area contributed by atoms with Crippen molar-refractivity contribution in [2.75, 3.05) is 13.2 Å². The Kier molecular flexibility index (Phi) is 9.21. The van der Waals surface area contributed by atoms with Crippen molar-refractivity contribution >= 4 is 18.0 Å². The summed E-state index contributed by atoms with van der Waals surface area (Å²) in [5.41, 5.74) is 1.41. The number of rotatable bonds is 8. The first-order valence-electron chi connectivity index (χ1n) is 9.19. The van der Waals surface area contributed by atoms with Gasteiger partial charge in [0.1, 0.15) is 0 Å². The van der Waals surface area contributed by atoms with Crippen molar-refractivity contribution in [1.29, 1.82) is 5.41 Å². The van der Waals surface area contributed by atoms with E-state index in [1.54, 1.807) is 13.1 Å². The number of nitrogens with zero attached hydrogens (tertiary/aromatic N) is 1. The molecule has 0 unspecified atom stereocenters. The molecule has 0 aromatic heterocycles. The van der Waals surface area contributed by atoms with Gasteiger partial charge in [0.15, 0.2) is 0 Å². The van der Waals surface area contributed by atoms with Crippen molar-refractivity contribution in [2.24, 2.45) is 10.4 Å². The van der Waals surface area contributed by atoms with E-state index in [-0.39, 0.29) is 24.0 Å².